The first kappa shape index (κ1) is 12.3. The molecule has 0 aromatic heterocycles. The van der Waals surface area contributed by atoms with E-state index < -0.39 is 5.66 Å². The molecule has 0 radical (unpaired) electrons. The molecule has 0 heterocycles. The third kappa shape index (κ3) is 2.27. The average Bonchev–Trinajstić information content (AvgIpc) is 2.33. The standard InChI is InChI=1S/C13H16N4O/c14-10-4-1-8(2-5-10)12(18)9-3-6-11(15)13(16,17)7-9/h1-6H,7,14-17H2. The lowest BCUT2D eigenvalue weighted by Gasteiger charge is -2.28. The number of Topliss-reactive ketones (excluding diaryl/α,β-unsaturated/α-hetero) is 1. The minimum absolute atomic E-state index is 0.112. The number of carbonyl (C=O) groups is 1. The quantitative estimate of drug-likeness (QED) is 0.337. The molecule has 5 heteroatoms. The van der Waals surface area contributed by atoms with Crippen molar-refractivity contribution in [2.24, 2.45) is 17.2 Å². The van der Waals surface area contributed by atoms with Crippen LogP contribution in [0.4, 0.5) is 5.69 Å². The molecule has 0 aliphatic heterocycles. The molecule has 5 nitrogen and oxygen atoms in total. The van der Waals surface area contributed by atoms with E-state index in [1.54, 1.807) is 36.4 Å². The highest BCUT2D eigenvalue weighted by Gasteiger charge is 2.29. The fourth-order valence-electron chi connectivity index (χ4n) is 1.80. The maximum absolute atomic E-state index is 12.2. The lowest BCUT2D eigenvalue weighted by molar-refractivity contribution is 0.102. The van der Waals surface area contributed by atoms with E-state index in [0.717, 1.165) is 0 Å². The summed E-state index contributed by atoms with van der Waals surface area (Å²) in [5.74, 6) is -0.112. The number of hydrogen-bond donors (Lipinski definition) is 4. The van der Waals surface area contributed by atoms with Crippen molar-refractivity contribution < 1.29 is 4.79 Å². The monoisotopic (exact) mass is 244 g/mol. The molecule has 94 valence electrons. The van der Waals surface area contributed by atoms with E-state index in [0.29, 0.717) is 22.5 Å². The Hall–Kier alpha value is -2.11. The molecule has 1 aromatic carbocycles. The molecule has 1 aromatic rings. The van der Waals surface area contributed by atoms with Crippen LogP contribution in [0.2, 0.25) is 0 Å². The summed E-state index contributed by atoms with van der Waals surface area (Å²) in [6.07, 6.45) is 3.46. The van der Waals surface area contributed by atoms with Crippen LogP contribution in [0.15, 0.2) is 47.7 Å². The molecule has 0 saturated carbocycles. The smallest absolute Gasteiger partial charge is 0.189 e. The minimum Gasteiger partial charge on any atom is -0.399 e. The summed E-state index contributed by atoms with van der Waals surface area (Å²) in [5, 5.41) is 0. The highest BCUT2D eigenvalue weighted by atomic mass is 16.1. The van der Waals surface area contributed by atoms with Gasteiger partial charge in [-0.2, -0.15) is 0 Å². The topological polar surface area (TPSA) is 121 Å². The Bertz CT molecular complexity index is 541. The van der Waals surface area contributed by atoms with E-state index in [1.807, 2.05) is 0 Å². The molecular weight excluding hydrogens is 228 g/mol. The van der Waals surface area contributed by atoms with Crippen LogP contribution in [0.25, 0.3) is 0 Å². The zero-order valence-corrected chi connectivity index (χ0v) is 9.89. The predicted molar refractivity (Wildman–Crippen MR) is 71.3 cm³/mol. The average molecular weight is 244 g/mol. The summed E-state index contributed by atoms with van der Waals surface area (Å²) in [6, 6.07) is 6.71. The van der Waals surface area contributed by atoms with Crippen LogP contribution in [-0.4, -0.2) is 11.4 Å². The number of ketones is 1. The van der Waals surface area contributed by atoms with E-state index in [-0.39, 0.29) is 12.2 Å². The number of anilines is 1. The van der Waals surface area contributed by atoms with E-state index in [4.69, 9.17) is 22.9 Å². The molecule has 0 spiro atoms. The van der Waals surface area contributed by atoms with E-state index in [1.165, 1.54) is 0 Å². The lowest BCUT2D eigenvalue weighted by Crippen LogP contribution is -2.55. The molecule has 0 unspecified atom stereocenters. The highest BCUT2D eigenvalue weighted by molar-refractivity contribution is 6.09. The summed E-state index contributed by atoms with van der Waals surface area (Å²) >= 11 is 0. The Kier molecular flexibility index (Phi) is 2.94. The van der Waals surface area contributed by atoms with Crippen molar-refractivity contribution in [3.8, 4) is 0 Å². The van der Waals surface area contributed by atoms with Crippen LogP contribution >= 0.6 is 0 Å². The van der Waals surface area contributed by atoms with Crippen LogP contribution in [0.3, 0.4) is 0 Å². The lowest BCUT2D eigenvalue weighted by atomic mass is 9.88. The normalized spacial score (nSPS) is 17.9. The third-order valence-corrected chi connectivity index (χ3v) is 2.95. The Morgan fingerprint density at radius 2 is 1.67 bits per heavy atom. The fourth-order valence-corrected chi connectivity index (χ4v) is 1.80. The van der Waals surface area contributed by atoms with Crippen LogP contribution in [0, 0.1) is 0 Å². The molecule has 0 atom stereocenters. The van der Waals surface area contributed by atoms with Gasteiger partial charge in [0.1, 0.15) is 5.66 Å². The van der Waals surface area contributed by atoms with Gasteiger partial charge in [0.15, 0.2) is 5.78 Å². The molecule has 0 bridgehead atoms. The van der Waals surface area contributed by atoms with Gasteiger partial charge >= 0.3 is 0 Å². The molecular formula is C13H16N4O. The minimum atomic E-state index is -1.16. The number of allylic oxidation sites excluding steroid dienone is 2. The van der Waals surface area contributed by atoms with Gasteiger partial charge in [0.05, 0.1) is 0 Å². The molecule has 18 heavy (non-hydrogen) atoms. The molecule has 0 fully saturated rings. The number of hydrogen-bond acceptors (Lipinski definition) is 5. The number of rotatable bonds is 2. The molecule has 1 aliphatic rings. The number of carbonyl (C=O) groups excluding carboxylic acids is 1. The van der Waals surface area contributed by atoms with Gasteiger partial charge in [0.25, 0.3) is 0 Å². The zero-order chi connectivity index (χ0) is 13.3. The van der Waals surface area contributed by atoms with Crippen molar-refractivity contribution in [3.63, 3.8) is 0 Å². The van der Waals surface area contributed by atoms with Gasteiger partial charge in [-0.25, -0.2) is 0 Å². The van der Waals surface area contributed by atoms with Crippen LogP contribution in [0.1, 0.15) is 16.8 Å². The fraction of sp³-hybridized carbons (Fsp3) is 0.154. The molecule has 1 aliphatic carbocycles. The first-order valence-electron chi connectivity index (χ1n) is 5.55. The van der Waals surface area contributed by atoms with Gasteiger partial charge in [0, 0.05) is 28.9 Å². The van der Waals surface area contributed by atoms with Crippen molar-refractivity contribution in [2.75, 3.05) is 5.73 Å². The maximum Gasteiger partial charge on any atom is 0.189 e. The van der Waals surface area contributed by atoms with Crippen molar-refractivity contribution >= 4 is 11.5 Å². The molecule has 2 rings (SSSR count). The molecule has 8 N–H and O–H groups in total. The summed E-state index contributed by atoms with van der Waals surface area (Å²) in [5.41, 5.74) is 23.8. The van der Waals surface area contributed by atoms with Crippen molar-refractivity contribution in [2.45, 2.75) is 12.1 Å². The maximum atomic E-state index is 12.2. The number of nitrogen functional groups attached to an aromatic ring is 1. The van der Waals surface area contributed by atoms with E-state index in [9.17, 15) is 4.79 Å². The highest BCUT2D eigenvalue weighted by Crippen LogP contribution is 2.23. The Balaban J connectivity index is 2.28. The SMILES string of the molecule is NC1=CC=C(C(=O)c2ccc(N)cc2)CC1(N)N. The van der Waals surface area contributed by atoms with Crippen molar-refractivity contribution in [1.29, 1.82) is 0 Å². The van der Waals surface area contributed by atoms with E-state index in [2.05, 4.69) is 0 Å². The van der Waals surface area contributed by atoms with Gasteiger partial charge in [0.2, 0.25) is 0 Å². The molecule has 0 saturated heterocycles. The largest absolute Gasteiger partial charge is 0.399 e. The van der Waals surface area contributed by atoms with Gasteiger partial charge in [-0.3, -0.25) is 4.79 Å². The van der Waals surface area contributed by atoms with Gasteiger partial charge < -0.3 is 22.9 Å². The predicted octanol–water partition coefficient (Wildman–Crippen LogP) is 0.238. The molecule has 0 amide bonds. The van der Waals surface area contributed by atoms with Crippen molar-refractivity contribution in [1.82, 2.24) is 0 Å². The Morgan fingerprint density at radius 3 is 2.22 bits per heavy atom. The first-order valence-corrected chi connectivity index (χ1v) is 5.55. The van der Waals surface area contributed by atoms with Gasteiger partial charge in [-0.05, 0) is 30.3 Å². The second-order valence-corrected chi connectivity index (χ2v) is 4.48. The summed E-state index contributed by atoms with van der Waals surface area (Å²) < 4.78 is 0. The van der Waals surface area contributed by atoms with Gasteiger partial charge in [-0.1, -0.05) is 6.08 Å². The summed E-state index contributed by atoms with van der Waals surface area (Å²) in [7, 11) is 0. The first-order chi connectivity index (χ1) is 8.40. The second kappa shape index (κ2) is 4.29. The Morgan fingerprint density at radius 1 is 1.06 bits per heavy atom. The zero-order valence-electron chi connectivity index (χ0n) is 9.89. The van der Waals surface area contributed by atoms with Gasteiger partial charge in [-0.15, -0.1) is 0 Å². The number of nitrogens with two attached hydrogens (primary N) is 4. The van der Waals surface area contributed by atoms with Crippen LogP contribution in [-0.2, 0) is 0 Å². The Labute approximate surface area is 105 Å². The van der Waals surface area contributed by atoms with E-state index >= 15 is 0 Å². The van der Waals surface area contributed by atoms with Crippen LogP contribution in [0.5, 0.6) is 0 Å². The number of benzene rings is 1. The van der Waals surface area contributed by atoms with Crippen molar-refractivity contribution in [3.05, 3.63) is 53.3 Å². The summed E-state index contributed by atoms with van der Waals surface area (Å²) in [6.45, 7) is 0. The third-order valence-electron chi connectivity index (χ3n) is 2.95. The summed E-state index contributed by atoms with van der Waals surface area (Å²) in [4.78, 5) is 12.2. The van der Waals surface area contributed by atoms with Crippen LogP contribution < -0.4 is 22.9 Å². The second-order valence-electron chi connectivity index (χ2n) is 4.48.